The lowest BCUT2D eigenvalue weighted by atomic mass is 10.3. The van der Waals surface area contributed by atoms with E-state index in [1.54, 1.807) is 0 Å². The Bertz CT molecular complexity index is 1230. The second-order valence-corrected chi connectivity index (χ2v) is 8.77. The molecule has 1 aliphatic heterocycles. The maximum absolute atomic E-state index is 13.2. The maximum Gasteiger partial charge on any atom is 0.451 e. The molecule has 4 aromatic heterocycles. The molecule has 0 aliphatic carbocycles. The molecule has 32 heavy (non-hydrogen) atoms. The molecule has 0 radical (unpaired) electrons. The van der Waals surface area contributed by atoms with Crippen LogP contribution in [0.25, 0.3) is 10.2 Å². The van der Waals surface area contributed by atoms with Gasteiger partial charge >= 0.3 is 12.2 Å². The van der Waals surface area contributed by atoms with E-state index in [9.17, 15) is 13.2 Å². The molecule has 0 N–H and O–H groups in total. The highest BCUT2D eigenvalue weighted by Gasteiger charge is 2.39. The van der Waals surface area contributed by atoms with Gasteiger partial charge in [0.1, 0.15) is 10.6 Å². The average Bonchev–Trinajstić information content (AvgIpc) is 3.48. The first-order valence-electron chi connectivity index (χ1n) is 10.1. The lowest BCUT2D eigenvalue weighted by Gasteiger charge is -2.29. The van der Waals surface area contributed by atoms with Crippen LogP contribution in [0.5, 0.6) is 6.01 Å². The lowest BCUT2D eigenvalue weighted by Crippen LogP contribution is -2.36. The standard InChI is InChI=1S/C20H20F3N7OS/c1-13-11-14-16(29-8-9-30-15(12-29)26-27-18(30)20(21,22)23)24-19(25-17(14)32-13)31-10-4-7-28-5-2-3-6-28/h2-3,5-6,11H,4,7-10,12H2,1H3. The Morgan fingerprint density at radius 2 is 1.94 bits per heavy atom. The Kier molecular flexibility index (Phi) is 5.24. The van der Waals surface area contributed by atoms with Gasteiger partial charge in [0.15, 0.2) is 5.82 Å². The first-order valence-corrected chi connectivity index (χ1v) is 11.0. The summed E-state index contributed by atoms with van der Waals surface area (Å²) in [5, 5.41) is 7.98. The second-order valence-electron chi connectivity index (χ2n) is 7.54. The molecule has 0 saturated heterocycles. The van der Waals surface area contributed by atoms with Crippen molar-refractivity contribution in [1.82, 2.24) is 29.3 Å². The van der Waals surface area contributed by atoms with E-state index in [-0.39, 0.29) is 24.9 Å². The summed E-state index contributed by atoms with van der Waals surface area (Å²) in [7, 11) is 0. The van der Waals surface area contributed by atoms with E-state index in [1.807, 2.05) is 42.4 Å². The Hall–Kier alpha value is -3.15. The molecule has 0 aromatic carbocycles. The number of thiophene rings is 1. The summed E-state index contributed by atoms with van der Waals surface area (Å²) in [5.74, 6) is -0.0582. The first kappa shape index (κ1) is 20.7. The number of aromatic nitrogens is 6. The summed E-state index contributed by atoms with van der Waals surface area (Å²) in [5.41, 5.74) is 0. The average molecular weight is 463 g/mol. The Labute approximate surface area is 185 Å². The predicted molar refractivity (Wildman–Crippen MR) is 113 cm³/mol. The van der Waals surface area contributed by atoms with Crippen molar-refractivity contribution in [2.24, 2.45) is 0 Å². The predicted octanol–water partition coefficient (Wildman–Crippen LogP) is 3.90. The van der Waals surface area contributed by atoms with Gasteiger partial charge in [0.25, 0.3) is 0 Å². The molecular formula is C20H20F3N7OS. The van der Waals surface area contributed by atoms with Crippen LogP contribution < -0.4 is 9.64 Å². The zero-order valence-corrected chi connectivity index (χ0v) is 18.0. The van der Waals surface area contributed by atoms with E-state index >= 15 is 0 Å². The molecule has 0 spiro atoms. The Balaban J connectivity index is 1.37. The molecule has 0 atom stereocenters. The molecule has 12 heteroatoms. The molecular weight excluding hydrogens is 443 g/mol. The van der Waals surface area contributed by atoms with Crippen molar-refractivity contribution in [3.8, 4) is 6.01 Å². The van der Waals surface area contributed by atoms with Gasteiger partial charge < -0.3 is 18.8 Å². The Morgan fingerprint density at radius 1 is 1.12 bits per heavy atom. The van der Waals surface area contributed by atoms with Crippen LogP contribution in [0.4, 0.5) is 19.0 Å². The molecule has 0 unspecified atom stereocenters. The number of rotatable bonds is 6. The number of alkyl halides is 3. The molecule has 0 amide bonds. The minimum atomic E-state index is -4.53. The Morgan fingerprint density at radius 3 is 2.72 bits per heavy atom. The highest BCUT2D eigenvalue weighted by molar-refractivity contribution is 7.18. The van der Waals surface area contributed by atoms with E-state index in [2.05, 4.69) is 24.7 Å². The van der Waals surface area contributed by atoms with Crippen molar-refractivity contribution in [2.45, 2.75) is 39.2 Å². The molecule has 168 valence electrons. The number of ether oxygens (including phenoxy) is 1. The number of hydrogen-bond acceptors (Lipinski definition) is 7. The van der Waals surface area contributed by atoms with E-state index in [0.29, 0.717) is 19.0 Å². The maximum atomic E-state index is 13.2. The molecule has 8 nitrogen and oxygen atoms in total. The largest absolute Gasteiger partial charge is 0.463 e. The lowest BCUT2D eigenvalue weighted by molar-refractivity contribution is -0.147. The van der Waals surface area contributed by atoms with Crippen LogP contribution in [-0.4, -0.2) is 42.5 Å². The summed E-state index contributed by atoms with van der Waals surface area (Å²) >= 11 is 1.53. The van der Waals surface area contributed by atoms with E-state index in [0.717, 1.165) is 32.6 Å². The van der Waals surface area contributed by atoms with Crippen molar-refractivity contribution in [1.29, 1.82) is 0 Å². The van der Waals surface area contributed by atoms with Crippen LogP contribution in [0, 0.1) is 6.92 Å². The first-order chi connectivity index (χ1) is 15.4. The molecule has 4 aromatic rings. The van der Waals surface area contributed by atoms with Gasteiger partial charge in [0.05, 0.1) is 18.5 Å². The van der Waals surface area contributed by atoms with Crippen molar-refractivity contribution in [2.75, 3.05) is 18.1 Å². The van der Waals surface area contributed by atoms with Crippen LogP contribution in [-0.2, 0) is 25.8 Å². The van der Waals surface area contributed by atoms with Crippen molar-refractivity contribution in [3.05, 3.63) is 47.1 Å². The van der Waals surface area contributed by atoms with Gasteiger partial charge in [0, 0.05) is 36.9 Å². The fourth-order valence-corrected chi connectivity index (χ4v) is 4.66. The fraction of sp³-hybridized carbons (Fsp3) is 0.400. The molecule has 0 bridgehead atoms. The highest BCUT2D eigenvalue weighted by Crippen LogP contribution is 2.35. The zero-order chi connectivity index (χ0) is 22.3. The zero-order valence-electron chi connectivity index (χ0n) is 17.2. The molecule has 5 heterocycles. The minimum Gasteiger partial charge on any atom is -0.463 e. The second kappa shape index (κ2) is 8.08. The normalized spacial score (nSPS) is 14.2. The third-order valence-electron chi connectivity index (χ3n) is 5.24. The van der Waals surface area contributed by atoms with Gasteiger partial charge in [-0.05, 0) is 31.5 Å². The van der Waals surface area contributed by atoms with Gasteiger partial charge in [-0.3, -0.25) is 0 Å². The van der Waals surface area contributed by atoms with Gasteiger partial charge in [-0.15, -0.1) is 21.5 Å². The highest BCUT2D eigenvalue weighted by atomic mass is 32.1. The SMILES string of the molecule is Cc1cc2c(N3CCn4c(nnc4C(F)(F)F)C3)nc(OCCCn3cccc3)nc2s1. The molecule has 5 rings (SSSR count). The van der Waals surface area contributed by atoms with Gasteiger partial charge in [-0.2, -0.15) is 23.1 Å². The summed E-state index contributed by atoms with van der Waals surface area (Å²) in [4.78, 5) is 12.9. The van der Waals surface area contributed by atoms with Crippen molar-refractivity contribution in [3.63, 3.8) is 0 Å². The van der Waals surface area contributed by atoms with Crippen LogP contribution >= 0.6 is 11.3 Å². The third kappa shape index (κ3) is 4.01. The number of fused-ring (bicyclic) bond motifs is 2. The van der Waals surface area contributed by atoms with Crippen molar-refractivity contribution >= 4 is 27.4 Å². The smallest absolute Gasteiger partial charge is 0.451 e. The van der Waals surface area contributed by atoms with Gasteiger partial charge in [-0.25, -0.2) is 0 Å². The summed E-state index contributed by atoms with van der Waals surface area (Å²) < 4.78 is 48.5. The van der Waals surface area contributed by atoms with Crippen LogP contribution in [0.2, 0.25) is 0 Å². The monoisotopic (exact) mass is 463 g/mol. The summed E-state index contributed by atoms with van der Waals surface area (Å²) in [6, 6.07) is 6.21. The van der Waals surface area contributed by atoms with E-state index in [4.69, 9.17) is 4.74 Å². The van der Waals surface area contributed by atoms with Crippen LogP contribution in [0.3, 0.4) is 0 Å². The van der Waals surface area contributed by atoms with E-state index < -0.39 is 12.0 Å². The molecule has 0 saturated carbocycles. The van der Waals surface area contributed by atoms with Crippen molar-refractivity contribution < 1.29 is 17.9 Å². The number of anilines is 1. The van der Waals surface area contributed by atoms with Crippen LogP contribution in [0.1, 0.15) is 22.9 Å². The quantitative estimate of drug-likeness (QED) is 0.404. The number of halogens is 3. The van der Waals surface area contributed by atoms with Gasteiger partial charge in [-0.1, -0.05) is 0 Å². The van der Waals surface area contributed by atoms with Crippen LogP contribution in [0.15, 0.2) is 30.6 Å². The summed E-state index contributed by atoms with van der Waals surface area (Å²) in [6.45, 7) is 3.91. The third-order valence-corrected chi connectivity index (χ3v) is 6.18. The summed E-state index contributed by atoms with van der Waals surface area (Å²) in [6.07, 6.45) is 0.256. The fourth-order valence-electron chi connectivity index (χ4n) is 3.79. The minimum absolute atomic E-state index is 0.124. The van der Waals surface area contributed by atoms with E-state index in [1.165, 1.54) is 11.3 Å². The number of aryl methyl sites for hydroxylation is 2. The molecule has 1 aliphatic rings. The topological polar surface area (TPSA) is 73.9 Å². The number of nitrogens with zero attached hydrogens (tertiary/aromatic N) is 7. The number of hydrogen-bond donors (Lipinski definition) is 0. The molecule has 0 fully saturated rings. The van der Waals surface area contributed by atoms with Gasteiger partial charge in [0.2, 0.25) is 5.82 Å².